The zero-order chi connectivity index (χ0) is 22.6. The summed E-state index contributed by atoms with van der Waals surface area (Å²) in [7, 11) is 0. The summed E-state index contributed by atoms with van der Waals surface area (Å²) in [5.41, 5.74) is 9.34. The Morgan fingerprint density at radius 3 is 1.77 bits per heavy atom. The first-order valence-corrected chi connectivity index (χ1v) is 11.0. The van der Waals surface area contributed by atoms with Crippen molar-refractivity contribution < 1.29 is 4.42 Å². The van der Waals surface area contributed by atoms with Crippen LogP contribution in [0.5, 0.6) is 0 Å². The lowest BCUT2D eigenvalue weighted by Gasteiger charge is -2.26. The normalized spacial score (nSPS) is 12.5. The molecular weight excluding hydrogens is 378 g/mol. The maximum absolute atomic E-state index is 6.37. The Balaban J connectivity index is 1.83. The number of hydrogen-bond donors (Lipinski definition) is 0. The second-order valence-electron chi connectivity index (χ2n) is 10.9. The summed E-state index contributed by atoms with van der Waals surface area (Å²) in [6.45, 7) is 17.8. The maximum Gasteiger partial charge on any atom is 0.138 e. The molecule has 0 fully saturated rings. The standard InChI is InChI=1S/C29H33NO/c1-18-9-19(2)11-20(10-18)25-16-27-22(17-30-25)14-26(31-27)21-12-23(28(3,4)5)15-24(13-21)29(6,7)8/h9-17H,1-8H3. The highest BCUT2D eigenvalue weighted by molar-refractivity contribution is 5.85. The Morgan fingerprint density at radius 1 is 0.645 bits per heavy atom. The molecule has 0 unspecified atom stereocenters. The summed E-state index contributed by atoms with van der Waals surface area (Å²) in [5, 5.41) is 1.03. The highest BCUT2D eigenvalue weighted by Crippen LogP contribution is 2.36. The molecule has 2 heterocycles. The summed E-state index contributed by atoms with van der Waals surface area (Å²) in [6, 6.07) is 17.6. The maximum atomic E-state index is 6.37. The molecule has 0 bridgehead atoms. The molecule has 4 aromatic rings. The number of aryl methyl sites for hydroxylation is 2. The van der Waals surface area contributed by atoms with Crippen molar-refractivity contribution in [2.45, 2.75) is 66.2 Å². The largest absolute Gasteiger partial charge is 0.456 e. The predicted molar refractivity (Wildman–Crippen MR) is 132 cm³/mol. The average Bonchev–Trinajstić information content (AvgIpc) is 3.09. The Labute approximate surface area is 186 Å². The van der Waals surface area contributed by atoms with Gasteiger partial charge in [-0.3, -0.25) is 4.98 Å². The Morgan fingerprint density at radius 2 is 1.23 bits per heavy atom. The third-order valence-electron chi connectivity index (χ3n) is 5.87. The molecule has 2 heteroatoms. The van der Waals surface area contributed by atoms with Gasteiger partial charge in [-0.05, 0) is 66.1 Å². The van der Waals surface area contributed by atoms with Crippen molar-refractivity contribution in [1.82, 2.24) is 4.98 Å². The summed E-state index contributed by atoms with van der Waals surface area (Å²) < 4.78 is 6.37. The molecule has 0 aliphatic heterocycles. The van der Waals surface area contributed by atoms with E-state index in [0.717, 1.165) is 33.6 Å². The number of nitrogens with zero attached hydrogens (tertiary/aromatic N) is 1. The summed E-state index contributed by atoms with van der Waals surface area (Å²) >= 11 is 0. The minimum Gasteiger partial charge on any atom is -0.456 e. The molecule has 0 N–H and O–H groups in total. The molecule has 2 nitrogen and oxygen atoms in total. The van der Waals surface area contributed by atoms with E-state index in [2.05, 4.69) is 104 Å². The van der Waals surface area contributed by atoms with E-state index in [-0.39, 0.29) is 10.8 Å². The predicted octanol–water partition coefficient (Wildman–Crippen LogP) is 8.37. The molecule has 0 atom stereocenters. The van der Waals surface area contributed by atoms with E-state index in [1.54, 1.807) is 0 Å². The van der Waals surface area contributed by atoms with E-state index in [1.807, 2.05) is 6.20 Å². The quantitative estimate of drug-likeness (QED) is 0.331. The monoisotopic (exact) mass is 411 g/mol. The Bertz CT molecular complexity index is 1210. The van der Waals surface area contributed by atoms with Crippen molar-refractivity contribution in [2.24, 2.45) is 0 Å². The van der Waals surface area contributed by atoms with Gasteiger partial charge in [0.1, 0.15) is 11.3 Å². The lowest BCUT2D eigenvalue weighted by molar-refractivity contribution is 0.567. The minimum atomic E-state index is 0.0692. The van der Waals surface area contributed by atoms with Crippen LogP contribution in [0.25, 0.3) is 33.6 Å². The van der Waals surface area contributed by atoms with Crippen LogP contribution < -0.4 is 0 Å². The van der Waals surface area contributed by atoms with Gasteiger partial charge in [0.25, 0.3) is 0 Å². The first-order chi connectivity index (χ1) is 14.4. The molecule has 0 spiro atoms. The van der Waals surface area contributed by atoms with E-state index < -0.39 is 0 Å². The van der Waals surface area contributed by atoms with E-state index in [0.29, 0.717) is 0 Å². The zero-order valence-corrected chi connectivity index (χ0v) is 20.1. The van der Waals surface area contributed by atoms with E-state index in [9.17, 15) is 0 Å². The molecule has 2 aromatic carbocycles. The van der Waals surface area contributed by atoms with Crippen LogP contribution in [0, 0.1) is 13.8 Å². The first kappa shape index (κ1) is 21.4. The van der Waals surface area contributed by atoms with E-state index in [1.165, 1.54) is 22.3 Å². The van der Waals surface area contributed by atoms with Crippen LogP contribution in [-0.2, 0) is 10.8 Å². The lowest BCUT2D eigenvalue weighted by atomic mass is 9.79. The van der Waals surface area contributed by atoms with Gasteiger partial charge in [-0.25, -0.2) is 0 Å². The molecule has 160 valence electrons. The second-order valence-corrected chi connectivity index (χ2v) is 10.9. The fourth-order valence-corrected chi connectivity index (χ4v) is 3.99. The van der Waals surface area contributed by atoms with Crippen LogP contribution in [0.4, 0.5) is 0 Å². The number of pyridine rings is 1. The van der Waals surface area contributed by atoms with Crippen LogP contribution in [0.15, 0.2) is 59.1 Å². The topological polar surface area (TPSA) is 26.0 Å². The van der Waals surface area contributed by atoms with Gasteiger partial charge in [-0.15, -0.1) is 0 Å². The van der Waals surface area contributed by atoms with Crippen molar-refractivity contribution in [3.8, 4) is 22.6 Å². The summed E-state index contributed by atoms with van der Waals surface area (Å²) in [6.07, 6.45) is 1.92. The number of hydrogen-bond acceptors (Lipinski definition) is 2. The molecule has 0 amide bonds. The average molecular weight is 412 g/mol. The molecule has 2 aromatic heterocycles. The van der Waals surface area contributed by atoms with Crippen molar-refractivity contribution >= 4 is 11.0 Å². The second kappa shape index (κ2) is 7.37. The van der Waals surface area contributed by atoms with Gasteiger partial charge in [0.05, 0.1) is 5.69 Å². The Hall–Kier alpha value is -2.87. The minimum absolute atomic E-state index is 0.0692. The van der Waals surface area contributed by atoms with Crippen LogP contribution in [0.2, 0.25) is 0 Å². The van der Waals surface area contributed by atoms with Gasteiger partial charge in [0, 0.05) is 28.8 Å². The molecule has 0 aliphatic carbocycles. The number of fused-ring (bicyclic) bond motifs is 1. The van der Waals surface area contributed by atoms with Gasteiger partial charge in [-0.1, -0.05) is 64.8 Å². The highest BCUT2D eigenvalue weighted by atomic mass is 16.3. The van der Waals surface area contributed by atoms with Gasteiger partial charge < -0.3 is 4.42 Å². The van der Waals surface area contributed by atoms with Crippen LogP contribution in [-0.4, -0.2) is 4.98 Å². The SMILES string of the molecule is Cc1cc(C)cc(-c2cc3oc(-c4cc(C(C)(C)C)cc(C(C)(C)C)c4)cc3cn2)c1. The number of rotatable bonds is 2. The van der Waals surface area contributed by atoms with Crippen molar-refractivity contribution in [3.63, 3.8) is 0 Å². The number of benzene rings is 2. The highest BCUT2D eigenvalue weighted by Gasteiger charge is 2.22. The number of furan rings is 1. The van der Waals surface area contributed by atoms with Crippen molar-refractivity contribution in [2.75, 3.05) is 0 Å². The van der Waals surface area contributed by atoms with E-state index >= 15 is 0 Å². The third-order valence-corrected chi connectivity index (χ3v) is 5.87. The van der Waals surface area contributed by atoms with Gasteiger partial charge in [0.2, 0.25) is 0 Å². The van der Waals surface area contributed by atoms with Crippen molar-refractivity contribution in [3.05, 3.63) is 77.0 Å². The fraction of sp³-hybridized carbons (Fsp3) is 0.345. The van der Waals surface area contributed by atoms with Crippen LogP contribution in [0.1, 0.15) is 63.8 Å². The van der Waals surface area contributed by atoms with Gasteiger partial charge in [-0.2, -0.15) is 0 Å². The molecule has 0 aliphatic rings. The Kier molecular flexibility index (Phi) is 5.08. The smallest absolute Gasteiger partial charge is 0.138 e. The molecule has 0 radical (unpaired) electrons. The van der Waals surface area contributed by atoms with Crippen LogP contribution >= 0.6 is 0 Å². The zero-order valence-electron chi connectivity index (χ0n) is 20.1. The van der Waals surface area contributed by atoms with E-state index in [4.69, 9.17) is 9.40 Å². The first-order valence-electron chi connectivity index (χ1n) is 11.0. The summed E-state index contributed by atoms with van der Waals surface area (Å²) in [5.74, 6) is 0.894. The van der Waals surface area contributed by atoms with Crippen LogP contribution in [0.3, 0.4) is 0 Å². The van der Waals surface area contributed by atoms with Crippen molar-refractivity contribution in [1.29, 1.82) is 0 Å². The summed E-state index contributed by atoms with van der Waals surface area (Å²) in [4.78, 5) is 4.72. The molecule has 0 saturated carbocycles. The van der Waals surface area contributed by atoms with Gasteiger partial charge >= 0.3 is 0 Å². The molecule has 4 rings (SSSR count). The molecule has 31 heavy (non-hydrogen) atoms. The number of aromatic nitrogens is 1. The lowest BCUT2D eigenvalue weighted by Crippen LogP contribution is -2.16. The molecular formula is C29H33NO. The molecule has 0 saturated heterocycles. The third kappa shape index (κ3) is 4.44. The van der Waals surface area contributed by atoms with Gasteiger partial charge in [0.15, 0.2) is 0 Å². The fourth-order valence-electron chi connectivity index (χ4n) is 3.99.